The molecule has 0 aromatic heterocycles. The zero-order valence-corrected chi connectivity index (χ0v) is 11.9. The molecule has 1 aliphatic carbocycles. The standard InChI is InChI=1S/C15H18ClFN2O/c16-13-3-1-2-12(14(13)17)15(20)19-7-9-4-5-11(18)6-10(9)8-19/h1-3,9-11H,4-8,18H2/t9-,10+,11?/m1/s1. The Labute approximate surface area is 122 Å². The molecule has 1 saturated carbocycles. The van der Waals surface area contributed by atoms with E-state index in [1.165, 1.54) is 12.1 Å². The molecule has 3 rings (SSSR count). The van der Waals surface area contributed by atoms with Gasteiger partial charge in [-0.1, -0.05) is 17.7 Å². The fourth-order valence-corrected chi connectivity index (χ4v) is 3.65. The number of nitrogens with zero attached hydrogens (tertiary/aromatic N) is 1. The van der Waals surface area contributed by atoms with E-state index in [0.717, 1.165) is 19.3 Å². The number of fused-ring (bicyclic) bond motifs is 1. The molecule has 1 aromatic rings. The number of likely N-dealkylation sites (tertiary alicyclic amines) is 1. The lowest BCUT2D eigenvalue weighted by Gasteiger charge is -2.27. The van der Waals surface area contributed by atoms with Crippen molar-refractivity contribution in [1.29, 1.82) is 0 Å². The minimum Gasteiger partial charge on any atom is -0.338 e. The highest BCUT2D eigenvalue weighted by atomic mass is 35.5. The van der Waals surface area contributed by atoms with Crippen LogP contribution in [0.1, 0.15) is 29.6 Å². The third-order valence-corrected chi connectivity index (χ3v) is 4.85. The van der Waals surface area contributed by atoms with Gasteiger partial charge in [0.2, 0.25) is 0 Å². The maximum absolute atomic E-state index is 13.9. The van der Waals surface area contributed by atoms with Crippen LogP contribution < -0.4 is 5.73 Å². The van der Waals surface area contributed by atoms with E-state index in [0.29, 0.717) is 24.9 Å². The maximum atomic E-state index is 13.9. The molecule has 108 valence electrons. The van der Waals surface area contributed by atoms with Gasteiger partial charge in [0, 0.05) is 19.1 Å². The highest BCUT2D eigenvalue weighted by molar-refractivity contribution is 6.31. The van der Waals surface area contributed by atoms with Crippen molar-refractivity contribution in [3.8, 4) is 0 Å². The van der Waals surface area contributed by atoms with E-state index in [-0.39, 0.29) is 22.5 Å². The molecule has 3 nitrogen and oxygen atoms in total. The first kappa shape index (κ1) is 13.8. The largest absolute Gasteiger partial charge is 0.338 e. The number of carbonyl (C=O) groups excluding carboxylic acids is 1. The first-order chi connectivity index (χ1) is 9.56. The fraction of sp³-hybridized carbons (Fsp3) is 0.533. The average molecular weight is 297 g/mol. The van der Waals surface area contributed by atoms with E-state index in [4.69, 9.17) is 17.3 Å². The Kier molecular flexibility index (Phi) is 3.69. The Bertz CT molecular complexity index is 537. The minimum atomic E-state index is -0.620. The number of halogens is 2. The molecule has 1 heterocycles. The lowest BCUT2D eigenvalue weighted by Crippen LogP contribution is -2.32. The molecule has 2 fully saturated rings. The second kappa shape index (κ2) is 5.34. The first-order valence-electron chi connectivity index (χ1n) is 7.05. The highest BCUT2D eigenvalue weighted by Crippen LogP contribution is 2.36. The smallest absolute Gasteiger partial charge is 0.256 e. The van der Waals surface area contributed by atoms with Crippen molar-refractivity contribution < 1.29 is 9.18 Å². The molecule has 1 amide bonds. The summed E-state index contributed by atoms with van der Waals surface area (Å²) in [5.74, 6) is 0.102. The molecule has 20 heavy (non-hydrogen) atoms. The number of benzene rings is 1. The maximum Gasteiger partial charge on any atom is 0.256 e. The van der Waals surface area contributed by atoms with Crippen LogP contribution in [0.25, 0.3) is 0 Å². The monoisotopic (exact) mass is 296 g/mol. The van der Waals surface area contributed by atoms with E-state index in [2.05, 4.69) is 0 Å². The molecule has 2 aliphatic rings. The predicted molar refractivity (Wildman–Crippen MR) is 76.1 cm³/mol. The number of hydrogen-bond donors (Lipinski definition) is 1. The zero-order chi connectivity index (χ0) is 14.3. The summed E-state index contributed by atoms with van der Waals surface area (Å²) in [6.45, 7) is 1.39. The van der Waals surface area contributed by atoms with E-state index in [1.54, 1.807) is 11.0 Å². The minimum absolute atomic E-state index is 0.00511. The normalized spacial score (nSPS) is 29.4. The molecule has 3 atom stereocenters. The number of rotatable bonds is 1. The van der Waals surface area contributed by atoms with Crippen LogP contribution in [-0.4, -0.2) is 29.9 Å². The van der Waals surface area contributed by atoms with Crippen LogP contribution in [0.5, 0.6) is 0 Å². The van der Waals surface area contributed by atoms with Gasteiger partial charge in [0.05, 0.1) is 10.6 Å². The van der Waals surface area contributed by atoms with Crippen molar-refractivity contribution in [2.75, 3.05) is 13.1 Å². The second-order valence-electron chi connectivity index (χ2n) is 5.90. The fourth-order valence-electron chi connectivity index (χ4n) is 3.47. The van der Waals surface area contributed by atoms with Gasteiger partial charge in [-0.25, -0.2) is 4.39 Å². The molecule has 0 radical (unpaired) electrons. The summed E-state index contributed by atoms with van der Waals surface area (Å²) in [6.07, 6.45) is 3.05. The zero-order valence-electron chi connectivity index (χ0n) is 11.2. The van der Waals surface area contributed by atoms with Crippen LogP contribution in [0.15, 0.2) is 18.2 Å². The van der Waals surface area contributed by atoms with Gasteiger partial charge in [0.15, 0.2) is 5.82 Å². The van der Waals surface area contributed by atoms with E-state index < -0.39 is 5.82 Å². The predicted octanol–water partition coefficient (Wildman–Crippen LogP) is 2.68. The van der Waals surface area contributed by atoms with E-state index in [1.807, 2.05) is 0 Å². The van der Waals surface area contributed by atoms with Crippen LogP contribution in [0.4, 0.5) is 4.39 Å². The molecule has 5 heteroatoms. The molecule has 1 unspecified atom stereocenters. The van der Waals surface area contributed by atoms with E-state index in [9.17, 15) is 9.18 Å². The van der Waals surface area contributed by atoms with Gasteiger partial charge in [0.25, 0.3) is 5.91 Å². The quantitative estimate of drug-likeness (QED) is 0.866. The number of hydrogen-bond acceptors (Lipinski definition) is 2. The first-order valence-corrected chi connectivity index (χ1v) is 7.43. The Morgan fingerprint density at radius 1 is 1.30 bits per heavy atom. The summed E-state index contributed by atoms with van der Waals surface area (Å²) in [5, 5.41) is -0.00511. The lowest BCUT2D eigenvalue weighted by atomic mass is 9.79. The Morgan fingerprint density at radius 2 is 2.05 bits per heavy atom. The Morgan fingerprint density at radius 3 is 2.85 bits per heavy atom. The van der Waals surface area contributed by atoms with Gasteiger partial charge in [-0.2, -0.15) is 0 Å². The molecule has 1 aliphatic heterocycles. The van der Waals surface area contributed by atoms with Crippen molar-refractivity contribution >= 4 is 17.5 Å². The van der Waals surface area contributed by atoms with Crippen molar-refractivity contribution in [3.63, 3.8) is 0 Å². The molecule has 1 saturated heterocycles. The topological polar surface area (TPSA) is 46.3 Å². The van der Waals surface area contributed by atoms with Crippen LogP contribution in [0.2, 0.25) is 5.02 Å². The number of nitrogens with two attached hydrogens (primary N) is 1. The van der Waals surface area contributed by atoms with E-state index >= 15 is 0 Å². The molecular weight excluding hydrogens is 279 g/mol. The summed E-state index contributed by atoms with van der Waals surface area (Å²) in [7, 11) is 0. The summed E-state index contributed by atoms with van der Waals surface area (Å²) < 4.78 is 13.9. The Hall–Kier alpha value is -1.13. The summed E-state index contributed by atoms with van der Waals surface area (Å²) in [6, 6.07) is 4.81. The summed E-state index contributed by atoms with van der Waals surface area (Å²) >= 11 is 5.74. The van der Waals surface area contributed by atoms with Gasteiger partial charge < -0.3 is 10.6 Å². The van der Waals surface area contributed by atoms with Crippen molar-refractivity contribution in [3.05, 3.63) is 34.6 Å². The van der Waals surface area contributed by atoms with Crippen LogP contribution in [0, 0.1) is 17.7 Å². The third kappa shape index (κ3) is 2.42. The number of amides is 1. The second-order valence-corrected chi connectivity index (χ2v) is 6.31. The van der Waals surface area contributed by atoms with Gasteiger partial charge in [-0.3, -0.25) is 4.79 Å². The molecule has 0 spiro atoms. The van der Waals surface area contributed by atoms with Crippen molar-refractivity contribution in [2.24, 2.45) is 17.6 Å². The molecule has 1 aromatic carbocycles. The highest BCUT2D eigenvalue weighted by Gasteiger charge is 2.39. The number of carbonyl (C=O) groups is 1. The van der Waals surface area contributed by atoms with Crippen LogP contribution >= 0.6 is 11.6 Å². The van der Waals surface area contributed by atoms with Crippen molar-refractivity contribution in [1.82, 2.24) is 4.90 Å². The molecule has 0 bridgehead atoms. The van der Waals surface area contributed by atoms with Gasteiger partial charge >= 0.3 is 0 Å². The Balaban J connectivity index is 1.77. The van der Waals surface area contributed by atoms with Gasteiger partial charge in [-0.05, 0) is 43.2 Å². The van der Waals surface area contributed by atoms with Crippen LogP contribution in [0.3, 0.4) is 0 Å². The van der Waals surface area contributed by atoms with Gasteiger partial charge in [-0.15, -0.1) is 0 Å². The lowest BCUT2D eigenvalue weighted by molar-refractivity contribution is 0.0779. The molecular formula is C15H18ClFN2O. The summed E-state index contributed by atoms with van der Waals surface area (Å²) in [4.78, 5) is 14.2. The SMILES string of the molecule is NC1CC[C@@H]2CN(C(=O)c3cccc(Cl)c3F)C[C@@H]2C1. The molecule has 2 N–H and O–H groups in total. The average Bonchev–Trinajstić information content (AvgIpc) is 2.84. The van der Waals surface area contributed by atoms with Gasteiger partial charge in [0.1, 0.15) is 0 Å². The third-order valence-electron chi connectivity index (χ3n) is 4.56. The van der Waals surface area contributed by atoms with Crippen LogP contribution in [-0.2, 0) is 0 Å². The summed E-state index contributed by atoms with van der Waals surface area (Å²) in [5.41, 5.74) is 6.06. The van der Waals surface area contributed by atoms with Crippen molar-refractivity contribution in [2.45, 2.75) is 25.3 Å².